The molecule has 1 saturated heterocycles. The van der Waals surface area contributed by atoms with Gasteiger partial charge in [-0.15, -0.1) is 11.3 Å². The third kappa shape index (κ3) is 3.51. The summed E-state index contributed by atoms with van der Waals surface area (Å²) in [6.45, 7) is 3.62. The van der Waals surface area contributed by atoms with Crippen molar-refractivity contribution >= 4 is 33.5 Å². The number of nitrogens with one attached hydrogen (secondary N) is 2. The number of carbonyl (C=O) groups excluding carboxylic acids is 2. The maximum Gasteiger partial charge on any atom is 0.319 e. The molecule has 3 amide bonds. The van der Waals surface area contributed by atoms with Crippen LogP contribution in [-0.4, -0.2) is 36.1 Å². The van der Waals surface area contributed by atoms with Crippen molar-refractivity contribution in [2.24, 2.45) is 5.73 Å². The topological polar surface area (TPSA) is 89.5 Å². The number of aromatic nitrogens is 1. The Morgan fingerprint density at radius 3 is 2.96 bits per heavy atom. The molecule has 0 spiro atoms. The average molecular weight is 333 g/mol. The Labute approximate surface area is 138 Å². The highest BCUT2D eigenvalue weighted by atomic mass is 32.1. The number of hydrogen-bond acceptors (Lipinski definition) is 4. The number of thiazole rings is 1. The largest absolute Gasteiger partial charge is 0.351 e. The number of likely N-dealkylation sites (tertiary alicyclic amines) is 1. The van der Waals surface area contributed by atoms with Gasteiger partial charge in [0.25, 0.3) is 5.91 Å². The highest BCUT2D eigenvalue weighted by molar-refractivity contribution is 7.18. The van der Waals surface area contributed by atoms with E-state index >= 15 is 0 Å². The third-order valence-corrected chi connectivity index (χ3v) is 5.67. The number of fused-ring (bicyclic) bond motifs is 1. The van der Waals surface area contributed by atoms with Crippen LogP contribution in [0.3, 0.4) is 0 Å². The van der Waals surface area contributed by atoms with Crippen molar-refractivity contribution in [1.29, 1.82) is 0 Å². The molecule has 1 aliphatic heterocycles. The molecule has 4 N–H and O–H groups in total. The summed E-state index contributed by atoms with van der Waals surface area (Å²) in [7, 11) is 0. The Bertz CT molecular complexity index is 697. The smallest absolute Gasteiger partial charge is 0.319 e. The van der Waals surface area contributed by atoms with Gasteiger partial charge in [-0.2, -0.15) is 0 Å². The molecular weight excluding hydrogens is 312 g/mol. The number of nitrogens with two attached hydrogens (primary N) is 1. The number of hydrogen-bond donors (Lipinski definition) is 3. The Kier molecular flexibility index (Phi) is 4.58. The molecule has 0 radical (unpaired) electrons. The molecule has 3 atom stereocenters. The van der Waals surface area contributed by atoms with Crippen LogP contribution in [0.4, 0.5) is 4.79 Å². The minimum absolute atomic E-state index is 0.292. The van der Waals surface area contributed by atoms with Crippen molar-refractivity contribution in [3.8, 4) is 0 Å². The lowest BCUT2D eigenvalue weighted by molar-refractivity contribution is -0.920. The van der Waals surface area contributed by atoms with Crippen molar-refractivity contribution in [1.82, 2.24) is 10.3 Å². The first-order valence-electron chi connectivity index (χ1n) is 7.85. The number of para-hydroxylation sites is 1. The molecule has 0 aliphatic carbocycles. The summed E-state index contributed by atoms with van der Waals surface area (Å²) in [5.74, 6) is 0.0532. The first-order valence-corrected chi connectivity index (χ1v) is 8.66. The first-order chi connectivity index (χ1) is 11.0. The van der Waals surface area contributed by atoms with Crippen LogP contribution in [0.5, 0.6) is 0 Å². The number of urea groups is 1. The van der Waals surface area contributed by atoms with Gasteiger partial charge in [-0.3, -0.25) is 10.1 Å². The van der Waals surface area contributed by atoms with Gasteiger partial charge in [-0.05, 0) is 31.9 Å². The summed E-state index contributed by atoms with van der Waals surface area (Å²) in [5.41, 5.74) is 6.07. The molecule has 3 rings (SSSR count). The Morgan fingerprint density at radius 1 is 1.43 bits per heavy atom. The lowest BCUT2D eigenvalue weighted by Gasteiger charge is -2.32. The minimum Gasteiger partial charge on any atom is -0.351 e. The molecule has 7 heteroatoms. The van der Waals surface area contributed by atoms with Crippen molar-refractivity contribution < 1.29 is 14.5 Å². The second-order valence-electron chi connectivity index (χ2n) is 6.05. The molecule has 6 nitrogen and oxygen atoms in total. The Balaban J connectivity index is 1.72. The highest BCUT2D eigenvalue weighted by Crippen LogP contribution is 2.30. The van der Waals surface area contributed by atoms with Crippen LogP contribution in [0.1, 0.15) is 30.7 Å². The predicted octanol–water partition coefficient (Wildman–Crippen LogP) is 0.642. The van der Waals surface area contributed by atoms with Crippen molar-refractivity contribution in [3.63, 3.8) is 0 Å². The zero-order valence-electron chi connectivity index (χ0n) is 13.0. The zero-order chi connectivity index (χ0) is 16.4. The van der Waals surface area contributed by atoms with Crippen LogP contribution in [0.25, 0.3) is 10.2 Å². The van der Waals surface area contributed by atoms with Crippen molar-refractivity contribution in [2.45, 2.75) is 31.7 Å². The van der Waals surface area contributed by atoms with Gasteiger partial charge < -0.3 is 10.6 Å². The Morgan fingerprint density at radius 2 is 2.22 bits per heavy atom. The lowest BCUT2D eigenvalue weighted by atomic mass is 9.97. The van der Waals surface area contributed by atoms with Crippen LogP contribution in [-0.2, 0) is 4.79 Å². The van der Waals surface area contributed by atoms with Crippen LogP contribution < -0.4 is 16.0 Å². The normalized spacial score (nSPS) is 22.7. The van der Waals surface area contributed by atoms with E-state index in [0.29, 0.717) is 5.92 Å². The highest BCUT2D eigenvalue weighted by Gasteiger charge is 2.33. The van der Waals surface area contributed by atoms with E-state index < -0.39 is 6.03 Å². The summed E-state index contributed by atoms with van der Waals surface area (Å²) < 4.78 is 1.20. The maximum absolute atomic E-state index is 12.0. The molecule has 1 aliphatic rings. The average Bonchev–Trinajstić information content (AvgIpc) is 2.97. The number of amides is 3. The van der Waals surface area contributed by atoms with Crippen LogP contribution >= 0.6 is 11.3 Å². The number of piperidine rings is 1. The summed E-state index contributed by atoms with van der Waals surface area (Å²) >= 11 is 1.74. The van der Waals surface area contributed by atoms with E-state index in [0.717, 1.165) is 36.5 Å². The lowest BCUT2D eigenvalue weighted by Crippen LogP contribution is -3.18. The van der Waals surface area contributed by atoms with E-state index in [1.165, 1.54) is 9.60 Å². The molecule has 23 heavy (non-hydrogen) atoms. The third-order valence-electron chi connectivity index (χ3n) is 4.47. The number of imide groups is 1. The van der Waals surface area contributed by atoms with Gasteiger partial charge in [0.2, 0.25) is 0 Å². The monoisotopic (exact) mass is 333 g/mol. The second-order valence-corrected chi connectivity index (χ2v) is 7.11. The van der Waals surface area contributed by atoms with Gasteiger partial charge in [0.15, 0.2) is 6.04 Å². The van der Waals surface area contributed by atoms with E-state index in [1.807, 2.05) is 25.1 Å². The number of rotatable bonds is 3. The predicted molar refractivity (Wildman–Crippen MR) is 89.5 cm³/mol. The summed E-state index contributed by atoms with van der Waals surface area (Å²) in [4.78, 5) is 28.8. The molecule has 1 fully saturated rings. The molecule has 0 saturated carbocycles. The number of quaternary nitrogens is 1. The SMILES string of the molecule is C[C@H](C(=O)NC(N)=O)[NH+]1CCC[C@H](c2nc3ccccc3s2)C1. The maximum atomic E-state index is 12.0. The van der Waals surface area contributed by atoms with Gasteiger partial charge in [-0.25, -0.2) is 9.78 Å². The second kappa shape index (κ2) is 6.64. The molecule has 122 valence electrons. The molecule has 0 bridgehead atoms. The van der Waals surface area contributed by atoms with E-state index in [9.17, 15) is 9.59 Å². The summed E-state index contributed by atoms with van der Waals surface area (Å²) in [5, 5.41) is 3.33. The number of nitrogens with zero attached hydrogens (tertiary/aromatic N) is 1. The summed E-state index contributed by atoms with van der Waals surface area (Å²) in [6.07, 6.45) is 2.14. The fourth-order valence-corrected chi connectivity index (χ4v) is 4.28. The fourth-order valence-electron chi connectivity index (χ4n) is 3.18. The molecule has 1 aromatic carbocycles. The number of carbonyl (C=O) groups is 2. The van der Waals surface area contributed by atoms with Gasteiger partial charge >= 0.3 is 6.03 Å². The fraction of sp³-hybridized carbons (Fsp3) is 0.438. The number of primary amides is 1. The van der Waals surface area contributed by atoms with Gasteiger partial charge in [-0.1, -0.05) is 12.1 Å². The van der Waals surface area contributed by atoms with Crippen molar-refractivity contribution in [2.75, 3.05) is 13.1 Å². The van der Waals surface area contributed by atoms with E-state index in [2.05, 4.69) is 11.4 Å². The first kappa shape index (κ1) is 15.9. The van der Waals surface area contributed by atoms with Gasteiger partial charge in [0.05, 0.1) is 29.2 Å². The summed E-state index contributed by atoms with van der Waals surface area (Å²) in [6, 6.07) is 7.07. The van der Waals surface area contributed by atoms with Gasteiger partial charge in [0, 0.05) is 0 Å². The van der Waals surface area contributed by atoms with Gasteiger partial charge in [0.1, 0.15) is 5.01 Å². The molecule has 1 unspecified atom stereocenters. The van der Waals surface area contributed by atoms with E-state index in [1.54, 1.807) is 11.3 Å². The molecule has 2 heterocycles. The van der Waals surface area contributed by atoms with Crippen LogP contribution in [0.2, 0.25) is 0 Å². The Hall–Kier alpha value is -1.99. The van der Waals surface area contributed by atoms with Crippen LogP contribution in [0.15, 0.2) is 24.3 Å². The number of benzene rings is 1. The quantitative estimate of drug-likeness (QED) is 0.770. The molecule has 1 aromatic heterocycles. The van der Waals surface area contributed by atoms with E-state index in [4.69, 9.17) is 10.7 Å². The minimum atomic E-state index is -0.791. The van der Waals surface area contributed by atoms with Crippen LogP contribution in [0, 0.1) is 0 Å². The molecule has 2 aromatic rings. The zero-order valence-corrected chi connectivity index (χ0v) is 13.9. The van der Waals surface area contributed by atoms with Crippen molar-refractivity contribution in [3.05, 3.63) is 29.3 Å². The van der Waals surface area contributed by atoms with E-state index in [-0.39, 0.29) is 11.9 Å². The standard InChI is InChI=1S/C16H20N4O2S/c1-10(14(21)19-16(17)22)20-8-4-5-11(9-20)15-18-12-6-2-3-7-13(12)23-15/h2-3,6-7,10-11H,4-5,8-9H2,1H3,(H3,17,19,21,22)/p+1/t10-,11+/m1/s1. The molecular formula is C16H21N4O2S+.